The van der Waals surface area contributed by atoms with Gasteiger partial charge in [-0.3, -0.25) is 9.59 Å². The topological polar surface area (TPSA) is 88.9 Å². The molecule has 2 aromatic rings. The summed E-state index contributed by atoms with van der Waals surface area (Å²) in [5.74, 6) is -0.359. The Morgan fingerprint density at radius 2 is 1.93 bits per heavy atom. The summed E-state index contributed by atoms with van der Waals surface area (Å²) >= 11 is 0. The van der Waals surface area contributed by atoms with Crippen molar-refractivity contribution in [3.05, 3.63) is 40.2 Å². The Balaban J connectivity index is 2.07. The third kappa shape index (κ3) is 4.22. The normalized spacial score (nSPS) is 15.6. The molecular weight excluding hydrogens is 394 g/mol. The fourth-order valence-electron chi connectivity index (χ4n) is 3.42. The van der Waals surface area contributed by atoms with Crippen LogP contribution >= 0.6 is 0 Å². The minimum Gasteiger partial charge on any atom is -0.379 e. The van der Waals surface area contributed by atoms with E-state index in [1.165, 1.54) is 27.5 Å². The molecule has 158 valence electrons. The van der Waals surface area contributed by atoms with Crippen molar-refractivity contribution in [2.45, 2.75) is 24.7 Å². The third-order valence-electron chi connectivity index (χ3n) is 5.19. The maximum absolute atomic E-state index is 13.1. The maximum atomic E-state index is 13.1. The highest BCUT2D eigenvalue weighted by molar-refractivity contribution is 7.89. The van der Waals surface area contributed by atoms with Crippen LogP contribution in [-0.2, 0) is 21.8 Å². The van der Waals surface area contributed by atoms with Gasteiger partial charge in [0.15, 0.2) is 0 Å². The van der Waals surface area contributed by atoms with E-state index >= 15 is 0 Å². The minimum absolute atomic E-state index is 0.0412. The lowest BCUT2D eigenvalue weighted by molar-refractivity contribution is 0.0730. The van der Waals surface area contributed by atoms with Gasteiger partial charge in [-0.2, -0.15) is 4.31 Å². The monoisotopic (exact) mass is 421 g/mol. The largest absolute Gasteiger partial charge is 0.379 e. The molecule has 0 unspecified atom stereocenters. The molecule has 0 radical (unpaired) electrons. The molecule has 0 spiro atoms. The summed E-state index contributed by atoms with van der Waals surface area (Å²) in [4.78, 5) is 27.4. The molecule has 0 aliphatic carbocycles. The van der Waals surface area contributed by atoms with Crippen LogP contribution in [-0.4, -0.2) is 68.0 Å². The molecule has 0 atom stereocenters. The standard InChI is InChI=1S/C20H27N3O5S/c1-4-5-8-21(2)20(25)17-14-22(3)18-7-6-15(13-16(18)19(17)24)29(26,27)23-9-11-28-12-10-23/h6-7,13-14H,4-5,8-12H2,1-3H3. The zero-order valence-corrected chi connectivity index (χ0v) is 17.9. The van der Waals surface area contributed by atoms with Crippen molar-refractivity contribution in [2.75, 3.05) is 39.9 Å². The second-order valence-electron chi connectivity index (χ2n) is 7.26. The number of carbonyl (C=O) groups excluding carboxylic acids is 1. The van der Waals surface area contributed by atoms with Gasteiger partial charge < -0.3 is 14.2 Å². The Morgan fingerprint density at radius 3 is 2.59 bits per heavy atom. The fourth-order valence-corrected chi connectivity index (χ4v) is 4.86. The number of hydrogen-bond acceptors (Lipinski definition) is 5. The molecular formula is C20H27N3O5S. The van der Waals surface area contributed by atoms with Gasteiger partial charge >= 0.3 is 0 Å². The molecule has 8 nitrogen and oxygen atoms in total. The van der Waals surface area contributed by atoms with E-state index in [2.05, 4.69) is 0 Å². The Kier molecular flexibility index (Phi) is 6.40. The van der Waals surface area contributed by atoms with Gasteiger partial charge in [-0.25, -0.2) is 8.42 Å². The van der Waals surface area contributed by atoms with E-state index in [4.69, 9.17) is 4.74 Å². The lowest BCUT2D eigenvalue weighted by Gasteiger charge is -2.26. The van der Waals surface area contributed by atoms with E-state index in [0.29, 0.717) is 25.3 Å². The number of aryl methyl sites for hydroxylation is 1. The number of carbonyl (C=O) groups is 1. The molecule has 1 aromatic heterocycles. The number of aromatic nitrogens is 1. The first-order valence-electron chi connectivity index (χ1n) is 9.74. The Morgan fingerprint density at radius 1 is 1.24 bits per heavy atom. The predicted octanol–water partition coefficient (Wildman–Crippen LogP) is 1.43. The average Bonchev–Trinajstić information content (AvgIpc) is 2.74. The first-order chi connectivity index (χ1) is 13.8. The summed E-state index contributed by atoms with van der Waals surface area (Å²) in [6.07, 6.45) is 3.31. The van der Waals surface area contributed by atoms with E-state index in [0.717, 1.165) is 12.8 Å². The third-order valence-corrected chi connectivity index (χ3v) is 7.09. The number of fused-ring (bicyclic) bond motifs is 1. The number of benzene rings is 1. The van der Waals surface area contributed by atoms with Crippen LogP contribution in [0.15, 0.2) is 34.1 Å². The molecule has 9 heteroatoms. The summed E-state index contributed by atoms with van der Waals surface area (Å²) < 4.78 is 34.2. The van der Waals surface area contributed by atoms with Crippen LogP contribution < -0.4 is 5.43 Å². The summed E-state index contributed by atoms with van der Waals surface area (Å²) in [7, 11) is -0.330. The van der Waals surface area contributed by atoms with E-state index in [1.807, 2.05) is 6.92 Å². The molecule has 0 saturated carbocycles. The van der Waals surface area contributed by atoms with Crippen LogP contribution in [0.1, 0.15) is 30.1 Å². The van der Waals surface area contributed by atoms with E-state index in [-0.39, 0.29) is 34.8 Å². The zero-order chi connectivity index (χ0) is 21.2. The second kappa shape index (κ2) is 8.64. The number of nitrogens with zero attached hydrogens (tertiary/aromatic N) is 3. The van der Waals surface area contributed by atoms with Crippen LogP contribution in [0.5, 0.6) is 0 Å². The lowest BCUT2D eigenvalue weighted by atomic mass is 10.1. The number of hydrogen-bond donors (Lipinski definition) is 0. The molecule has 1 aliphatic heterocycles. The van der Waals surface area contributed by atoms with Crippen LogP contribution in [0.2, 0.25) is 0 Å². The number of pyridine rings is 1. The number of rotatable bonds is 6. The first kappa shape index (κ1) is 21.5. The molecule has 3 rings (SSSR count). The molecule has 1 saturated heterocycles. The van der Waals surface area contributed by atoms with Gasteiger partial charge in [-0.05, 0) is 24.6 Å². The van der Waals surface area contributed by atoms with Crippen LogP contribution in [0, 0.1) is 0 Å². The summed E-state index contributed by atoms with van der Waals surface area (Å²) in [6, 6.07) is 4.49. The molecule has 0 N–H and O–H groups in total. The van der Waals surface area contributed by atoms with Crippen molar-refractivity contribution >= 4 is 26.8 Å². The molecule has 29 heavy (non-hydrogen) atoms. The molecule has 1 amide bonds. The van der Waals surface area contributed by atoms with E-state index in [1.54, 1.807) is 24.7 Å². The molecule has 1 aromatic carbocycles. The first-order valence-corrected chi connectivity index (χ1v) is 11.2. The van der Waals surface area contributed by atoms with Gasteiger partial charge in [-0.15, -0.1) is 0 Å². The number of amides is 1. The zero-order valence-electron chi connectivity index (χ0n) is 17.1. The maximum Gasteiger partial charge on any atom is 0.259 e. The van der Waals surface area contributed by atoms with Crippen LogP contribution in [0.3, 0.4) is 0 Å². The summed E-state index contributed by atoms with van der Waals surface area (Å²) in [5, 5.41) is 0.219. The number of unbranched alkanes of at least 4 members (excludes halogenated alkanes) is 1. The number of ether oxygens (including phenoxy) is 1. The Labute approximate surface area is 170 Å². The quantitative estimate of drug-likeness (QED) is 0.704. The van der Waals surface area contributed by atoms with Gasteiger partial charge in [0.2, 0.25) is 15.5 Å². The van der Waals surface area contributed by atoms with Crippen molar-refractivity contribution < 1.29 is 17.9 Å². The van der Waals surface area contributed by atoms with E-state index < -0.39 is 15.5 Å². The van der Waals surface area contributed by atoms with Crippen molar-refractivity contribution in [1.29, 1.82) is 0 Å². The molecule has 2 heterocycles. The molecule has 1 aliphatic rings. The molecule has 1 fully saturated rings. The molecule has 0 bridgehead atoms. The van der Waals surface area contributed by atoms with Crippen molar-refractivity contribution in [3.63, 3.8) is 0 Å². The van der Waals surface area contributed by atoms with Gasteiger partial charge in [0, 0.05) is 45.3 Å². The highest BCUT2D eigenvalue weighted by Gasteiger charge is 2.27. The van der Waals surface area contributed by atoms with Gasteiger partial charge in [0.05, 0.1) is 23.6 Å². The number of morpholine rings is 1. The minimum atomic E-state index is -3.73. The smallest absolute Gasteiger partial charge is 0.259 e. The van der Waals surface area contributed by atoms with Crippen LogP contribution in [0.25, 0.3) is 10.9 Å². The van der Waals surface area contributed by atoms with Crippen molar-refractivity contribution in [1.82, 2.24) is 13.8 Å². The van der Waals surface area contributed by atoms with Gasteiger partial charge in [0.1, 0.15) is 5.56 Å². The SMILES string of the molecule is CCCCN(C)C(=O)c1cn(C)c2ccc(S(=O)(=O)N3CCOCC3)cc2c1=O. The Hall–Kier alpha value is -2.23. The summed E-state index contributed by atoms with van der Waals surface area (Å²) in [5.41, 5.74) is 0.161. The predicted molar refractivity (Wildman–Crippen MR) is 111 cm³/mol. The van der Waals surface area contributed by atoms with Gasteiger partial charge in [-0.1, -0.05) is 13.3 Å². The average molecular weight is 422 g/mol. The van der Waals surface area contributed by atoms with Crippen molar-refractivity contribution in [2.24, 2.45) is 7.05 Å². The second-order valence-corrected chi connectivity index (χ2v) is 9.20. The van der Waals surface area contributed by atoms with Crippen molar-refractivity contribution in [3.8, 4) is 0 Å². The number of sulfonamides is 1. The highest BCUT2D eigenvalue weighted by Crippen LogP contribution is 2.21. The fraction of sp³-hybridized carbons (Fsp3) is 0.500. The Bertz CT molecular complexity index is 1070. The summed E-state index contributed by atoms with van der Waals surface area (Å²) in [6.45, 7) is 3.83. The van der Waals surface area contributed by atoms with Gasteiger partial charge in [0.25, 0.3) is 5.91 Å². The van der Waals surface area contributed by atoms with Crippen LogP contribution in [0.4, 0.5) is 0 Å². The van der Waals surface area contributed by atoms with E-state index in [9.17, 15) is 18.0 Å². The lowest BCUT2D eigenvalue weighted by Crippen LogP contribution is -2.40. The highest BCUT2D eigenvalue weighted by atomic mass is 32.2.